The topological polar surface area (TPSA) is 113 Å². The number of carbonyl (C=O) groups is 1. The first-order valence-corrected chi connectivity index (χ1v) is 14.6. The highest BCUT2D eigenvalue weighted by atomic mass is 35.5. The maximum atomic E-state index is 13.5. The van der Waals surface area contributed by atoms with Crippen molar-refractivity contribution < 1.29 is 13.2 Å². The second-order valence-corrected chi connectivity index (χ2v) is 13.5. The molecule has 10 heteroatoms. The van der Waals surface area contributed by atoms with E-state index in [1.807, 2.05) is 42.5 Å². The van der Waals surface area contributed by atoms with Crippen LogP contribution in [0, 0.1) is 5.41 Å². The van der Waals surface area contributed by atoms with Gasteiger partial charge in [-0.1, -0.05) is 68.2 Å². The predicted octanol–water partition coefficient (Wildman–Crippen LogP) is 3.76. The van der Waals surface area contributed by atoms with Crippen LogP contribution in [0.4, 0.5) is 0 Å². The van der Waals surface area contributed by atoms with Crippen molar-refractivity contribution in [3.63, 3.8) is 0 Å². The van der Waals surface area contributed by atoms with Gasteiger partial charge in [-0.25, -0.2) is 13.1 Å². The average molecular weight is 556 g/mol. The zero-order valence-corrected chi connectivity index (χ0v) is 23.5. The molecule has 1 fully saturated rings. The summed E-state index contributed by atoms with van der Waals surface area (Å²) < 4.78 is 25.0. The van der Waals surface area contributed by atoms with Gasteiger partial charge in [0.2, 0.25) is 15.9 Å². The number of carbonyl (C=O) groups excluding carboxylic acids is 1. The first-order chi connectivity index (χ1) is 16.7. The summed E-state index contributed by atoms with van der Waals surface area (Å²) in [4.78, 5) is 13.5. The van der Waals surface area contributed by atoms with Gasteiger partial charge in [-0.2, -0.15) is 0 Å². The fraction of sp³-hybridized carbons (Fsp3) is 0.500. The molecule has 1 saturated heterocycles. The summed E-state index contributed by atoms with van der Waals surface area (Å²) in [5, 5.41) is 7.69. The monoisotopic (exact) mass is 554 g/mol. The second-order valence-electron chi connectivity index (χ2n) is 10.7. The van der Waals surface area contributed by atoms with Crippen molar-refractivity contribution in [2.45, 2.75) is 57.2 Å². The minimum Gasteiger partial charge on any atom is -0.355 e. The Hall–Kier alpha value is -1.68. The maximum absolute atomic E-state index is 13.5. The number of benzene rings is 2. The van der Waals surface area contributed by atoms with Crippen molar-refractivity contribution in [1.82, 2.24) is 15.4 Å². The largest absolute Gasteiger partial charge is 0.355 e. The van der Waals surface area contributed by atoms with E-state index in [-0.39, 0.29) is 23.9 Å². The SMILES string of the molecule is CC(C)(C)C[C@@H]1NC(C(=O)NCCCNS(C)(=O)=O)[C@H](c2cccc(Cl)c2)[C@@]1(N)c1ccc(Cl)cc1. The fourth-order valence-electron chi connectivity index (χ4n) is 4.97. The standard InChI is InChI=1S/C26H36Cl2N4O3S/c1-25(2,3)16-21-26(29,18-9-11-19(27)12-10-18)22(17-7-5-8-20(28)15-17)23(32-21)24(33)30-13-6-14-31-36(4,34)35/h5,7-12,15,21-23,31-32H,6,13-14,16,29H2,1-4H3,(H,30,33)/t21-,22-,23?,26+/m0/s1. The molecule has 36 heavy (non-hydrogen) atoms. The molecule has 1 heterocycles. The molecule has 2 aromatic rings. The normalized spacial score (nSPS) is 24.6. The summed E-state index contributed by atoms with van der Waals surface area (Å²) in [6.45, 7) is 7.01. The molecular weight excluding hydrogens is 519 g/mol. The molecule has 1 aliphatic heterocycles. The van der Waals surface area contributed by atoms with Gasteiger partial charge in [-0.15, -0.1) is 0 Å². The third kappa shape index (κ3) is 7.21. The Morgan fingerprint density at radius 3 is 2.33 bits per heavy atom. The van der Waals surface area contributed by atoms with Gasteiger partial charge in [-0.05, 0) is 53.6 Å². The van der Waals surface area contributed by atoms with Crippen molar-refractivity contribution in [3.8, 4) is 0 Å². The molecule has 198 valence electrons. The first-order valence-electron chi connectivity index (χ1n) is 12.0. The number of sulfonamides is 1. The minimum atomic E-state index is -3.28. The highest BCUT2D eigenvalue weighted by Crippen LogP contribution is 2.48. The van der Waals surface area contributed by atoms with Crippen LogP contribution in [-0.2, 0) is 20.4 Å². The van der Waals surface area contributed by atoms with Gasteiger partial charge in [-0.3, -0.25) is 4.79 Å². The summed E-state index contributed by atoms with van der Waals surface area (Å²) in [7, 11) is -3.28. The van der Waals surface area contributed by atoms with E-state index in [0.717, 1.165) is 23.8 Å². The Morgan fingerprint density at radius 1 is 1.08 bits per heavy atom. The summed E-state index contributed by atoms with van der Waals surface area (Å²) in [6.07, 6.45) is 2.30. The van der Waals surface area contributed by atoms with Gasteiger partial charge in [0.15, 0.2) is 0 Å². The fourth-order valence-corrected chi connectivity index (χ4v) is 5.81. The molecule has 0 radical (unpaired) electrons. The lowest BCUT2D eigenvalue weighted by Crippen LogP contribution is -2.51. The van der Waals surface area contributed by atoms with Crippen LogP contribution in [-0.4, -0.2) is 45.8 Å². The molecule has 1 aliphatic rings. The van der Waals surface area contributed by atoms with Crippen LogP contribution in [0.2, 0.25) is 10.0 Å². The molecule has 0 aromatic heterocycles. The Labute approximate surface area is 224 Å². The Kier molecular flexibility index (Phi) is 9.13. The Bertz CT molecular complexity index is 1170. The van der Waals surface area contributed by atoms with E-state index in [1.54, 1.807) is 6.07 Å². The molecule has 0 spiro atoms. The zero-order valence-electron chi connectivity index (χ0n) is 21.1. The highest BCUT2D eigenvalue weighted by Gasteiger charge is 2.56. The van der Waals surface area contributed by atoms with Crippen molar-refractivity contribution >= 4 is 39.1 Å². The van der Waals surface area contributed by atoms with Crippen molar-refractivity contribution in [3.05, 3.63) is 69.7 Å². The van der Waals surface area contributed by atoms with Crippen molar-refractivity contribution in [2.75, 3.05) is 19.3 Å². The van der Waals surface area contributed by atoms with E-state index in [4.69, 9.17) is 28.9 Å². The van der Waals surface area contributed by atoms with Gasteiger partial charge in [0.1, 0.15) is 0 Å². The lowest BCUT2D eigenvalue weighted by atomic mass is 9.68. The summed E-state index contributed by atoms with van der Waals surface area (Å²) in [5.74, 6) is -0.613. The van der Waals surface area contributed by atoms with Crippen LogP contribution < -0.4 is 21.1 Å². The molecule has 0 saturated carbocycles. The third-order valence-electron chi connectivity index (χ3n) is 6.47. The smallest absolute Gasteiger partial charge is 0.237 e. The Morgan fingerprint density at radius 2 is 1.75 bits per heavy atom. The maximum Gasteiger partial charge on any atom is 0.237 e. The zero-order chi connectivity index (χ0) is 26.7. The number of hydrogen-bond acceptors (Lipinski definition) is 5. The summed E-state index contributed by atoms with van der Waals surface area (Å²) in [6, 6.07) is 14.1. The van der Waals surface area contributed by atoms with Crippen LogP contribution in [0.3, 0.4) is 0 Å². The second kappa shape index (κ2) is 11.4. The van der Waals surface area contributed by atoms with E-state index in [2.05, 4.69) is 36.1 Å². The van der Waals surface area contributed by atoms with Gasteiger partial charge < -0.3 is 16.4 Å². The van der Waals surface area contributed by atoms with Gasteiger partial charge >= 0.3 is 0 Å². The number of amides is 1. The predicted molar refractivity (Wildman–Crippen MR) is 147 cm³/mol. The van der Waals surface area contributed by atoms with E-state index in [9.17, 15) is 13.2 Å². The number of hydrogen-bond donors (Lipinski definition) is 4. The molecular formula is C26H36Cl2N4O3S. The van der Waals surface area contributed by atoms with Crippen LogP contribution in [0.5, 0.6) is 0 Å². The van der Waals surface area contributed by atoms with Crippen LogP contribution >= 0.6 is 23.2 Å². The Balaban J connectivity index is 1.98. The lowest BCUT2D eigenvalue weighted by molar-refractivity contribution is -0.123. The third-order valence-corrected chi connectivity index (χ3v) is 7.69. The molecule has 1 unspecified atom stereocenters. The van der Waals surface area contributed by atoms with Crippen molar-refractivity contribution in [1.29, 1.82) is 0 Å². The molecule has 2 aromatic carbocycles. The van der Waals surface area contributed by atoms with E-state index >= 15 is 0 Å². The van der Waals surface area contributed by atoms with Gasteiger partial charge in [0.05, 0.1) is 17.8 Å². The minimum absolute atomic E-state index is 0.0593. The summed E-state index contributed by atoms with van der Waals surface area (Å²) in [5.41, 5.74) is 8.11. The number of nitrogens with one attached hydrogen (secondary N) is 3. The average Bonchev–Trinajstić information content (AvgIpc) is 3.04. The molecule has 3 rings (SSSR count). The van der Waals surface area contributed by atoms with Crippen LogP contribution in [0.25, 0.3) is 0 Å². The first kappa shape index (κ1) is 28.9. The van der Waals surface area contributed by atoms with E-state index in [0.29, 0.717) is 23.0 Å². The van der Waals surface area contributed by atoms with E-state index in [1.165, 1.54) is 0 Å². The number of nitrogens with two attached hydrogens (primary N) is 1. The molecule has 5 N–H and O–H groups in total. The van der Waals surface area contributed by atoms with Crippen LogP contribution in [0.1, 0.15) is 50.7 Å². The van der Waals surface area contributed by atoms with E-state index < -0.39 is 27.5 Å². The molecule has 1 amide bonds. The van der Waals surface area contributed by atoms with Gasteiger partial charge in [0.25, 0.3) is 0 Å². The quantitative estimate of drug-likeness (QED) is 0.352. The lowest BCUT2D eigenvalue weighted by Gasteiger charge is -2.39. The number of rotatable bonds is 9. The highest BCUT2D eigenvalue weighted by molar-refractivity contribution is 7.88. The summed E-state index contributed by atoms with van der Waals surface area (Å²) >= 11 is 12.6. The molecule has 4 atom stereocenters. The molecule has 7 nitrogen and oxygen atoms in total. The number of halogens is 2. The molecule has 0 bridgehead atoms. The van der Waals surface area contributed by atoms with Crippen molar-refractivity contribution in [2.24, 2.45) is 11.1 Å². The van der Waals surface area contributed by atoms with Gasteiger partial charge in [0, 0.05) is 35.1 Å². The van der Waals surface area contributed by atoms with Crippen LogP contribution in [0.15, 0.2) is 48.5 Å². The molecule has 0 aliphatic carbocycles.